The summed E-state index contributed by atoms with van der Waals surface area (Å²) in [6.07, 6.45) is -1.74. The number of ether oxygens (including phenoxy) is 1. The first-order valence-electron chi connectivity index (χ1n) is 10.1. The van der Waals surface area contributed by atoms with Crippen LogP contribution in [-0.4, -0.2) is 68.6 Å². The lowest BCUT2D eigenvalue weighted by atomic mass is 10.0. The lowest BCUT2D eigenvalue weighted by molar-refractivity contribution is 0.0491. The molecule has 3 N–H and O–H groups in total. The minimum Gasteiger partial charge on any atom is -0.448 e. The molecule has 170 valence electrons. The van der Waals surface area contributed by atoms with E-state index in [1.807, 2.05) is 13.8 Å². The predicted molar refractivity (Wildman–Crippen MR) is 122 cm³/mol. The zero-order chi connectivity index (χ0) is 22.7. The topological polar surface area (TPSA) is 111 Å². The van der Waals surface area contributed by atoms with E-state index in [1.165, 1.54) is 17.0 Å². The molecule has 10 heteroatoms. The molecule has 2 amide bonds. The Balaban J connectivity index is 2.00. The molecule has 2 aliphatic rings. The second-order valence-electron chi connectivity index (χ2n) is 7.58. The van der Waals surface area contributed by atoms with Crippen LogP contribution in [0.25, 0.3) is 0 Å². The molecule has 0 saturated carbocycles. The van der Waals surface area contributed by atoms with Gasteiger partial charge in [0.25, 0.3) is 5.91 Å². The average Bonchev–Trinajstić information content (AvgIpc) is 3.13. The fourth-order valence-electron chi connectivity index (χ4n) is 3.80. The summed E-state index contributed by atoms with van der Waals surface area (Å²) < 4.78 is 5.49. The lowest BCUT2D eigenvalue weighted by Gasteiger charge is -2.31. The van der Waals surface area contributed by atoms with Gasteiger partial charge in [0.15, 0.2) is 6.23 Å². The maximum absolute atomic E-state index is 13.3. The van der Waals surface area contributed by atoms with Crippen molar-refractivity contribution >= 4 is 39.3 Å². The van der Waals surface area contributed by atoms with Crippen molar-refractivity contribution < 1.29 is 29.6 Å². The van der Waals surface area contributed by atoms with E-state index in [0.717, 1.165) is 16.2 Å². The van der Waals surface area contributed by atoms with Gasteiger partial charge in [-0.15, -0.1) is 0 Å². The Hall–Kier alpha value is -1.72. The van der Waals surface area contributed by atoms with Gasteiger partial charge in [-0.05, 0) is 36.6 Å². The van der Waals surface area contributed by atoms with E-state index >= 15 is 0 Å². The number of carbonyl (C=O) groups is 2. The molecule has 3 atom stereocenters. The van der Waals surface area contributed by atoms with Gasteiger partial charge in [0.05, 0.1) is 30.5 Å². The van der Waals surface area contributed by atoms with Crippen molar-refractivity contribution in [3.63, 3.8) is 0 Å². The van der Waals surface area contributed by atoms with Crippen LogP contribution in [0.4, 0.5) is 10.5 Å². The second kappa shape index (κ2) is 10.3. The first kappa shape index (κ1) is 23.9. The number of aliphatic hydroxyl groups excluding tert-OH is 3. The molecular weight excluding hydrogens is 440 g/mol. The van der Waals surface area contributed by atoms with Gasteiger partial charge >= 0.3 is 6.09 Å². The van der Waals surface area contributed by atoms with Gasteiger partial charge < -0.3 is 25.0 Å². The molecule has 1 aromatic carbocycles. The van der Waals surface area contributed by atoms with Crippen LogP contribution in [0.1, 0.15) is 41.8 Å². The standard InChI is InChI=1S/C21H28N2O6S2/c1-4-30-31-13(3)11-29-21(28)23-17-7-15(10-25)14(9-24)6-16(17)19(26)22-8-12(2)5-18(22)20(23)27/h6-7,13,18,20,24-25,27H,2,4-5,8-11H2,1,3H3/t13-,18+,20?/m1/s1. The molecule has 3 rings (SSSR count). The summed E-state index contributed by atoms with van der Waals surface area (Å²) >= 11 is 0. The second-order valence-corrected chi connectivity index (χ2v) is 10.7. The fourth-order valence-corrected chi connectivity index (χ4v) is 5.57. The van der Waals surface area contributed by atoms with Crippen LogP contribution < -0.4 is 4.90 Å². The van der Waals surface area contributed by atoms with E-state index in [0.29, 0.717) is 17.5 Å². The van der Waals surface area contributed by atoms with Gasteiger partial charge in [-0.2, -0.15) is 0 Å². The molecule has 0 aliphatic carbocycles. The van der Waals surface area contributed by atoms with Crippen LogP contribution in [0.2, 0.25) is 0 Å². The summed E-state index contributed by atoms with van der Waals surface area (Å²) in [4.78, 5) is 29.0. The smallest absolute Gasteiger partial charge is 0.416 e. The zero-order valence-corrected chi connectivity index (χ0v) is 19.2. The molecule has 2 aliphatic heterocycles. The van der Waals surface area contributed by atoms with Crippen molar-refractivity contribution in [1.29, 1.82) is 0 Å². The number of amides is 2. The summed E-state index contributed by atoms with van der Waals surface area (Å²) in [6.45, 7) is 7.58. The molecular formula is C21H28N2O6S2. The van der Waals surface area contributed by atoms with Crippen LogP contribution >= 0.6 is 21.6 Å². The summed E-state index contributed by atoms with van der Waals surface area (Å²) in [5, 5.41) is 30.6. The molecule has 0 radical (unpaired) electrons. The number of anilines is 1. The number of benzene rings is 1. The minimum atomic E-state index is -1.34. The Morgan fingerprint density at radius 2 is 2.00 bits per heavy atom. The molecule has 1 aromatic rings. The number of hydrogen-bond donors (Lipinski definition) is 3. The number of rotatable bonds is 7. The molecule has 2 heterocycles. The van der Waals surface area contributed by atoms with Gasteiger partial charge in [-0.3, -0.25) is 4.79 Å². The van der Waals surface area contributed by atoms with Crippen LogP contribution in [-0.2, 0) is 18.0 Å². The summed E-state index contributed by atoms with van der Waals surface area (Å²) in [6, 6.07) is 2.28. The Bertz CT molecular complexity index is 865. The van der Waals surface area contributed by atoms with Crippen LogP contribution in [0.3, 0.4) is 0 Å². The van der Waals surface area contributed by atoms with Crippen molar-refractivity contribution in [2.24, 2.45) is 0 Å². The van der Waals surface area contributed by atoms with Crippen molar-refractivity contribution in [3.8, 4) is 0 Å². The van der Waals surface area contributed by atoms with Crippen LogP contribution in [0.15, 0.2) is 24.3 Å². The molecule has 1 fully saturated rings. The minimum absolute atomic E-state index is 0.0478. The van der Waals surface area contributed by atoms with Crippen molar-refractivity contribution in [2.75, 3.05) is 23.8 Å². The molecule has 31 heavy (non-hydrogen) atoms. The highest BCUT2D eigenvalue weighted by molar-refractivity contribution is 8.76. The monoisotopic (exact) mass is 468 g/mol. The van der Waals surface area contributed by atoms with Crippen molar-refractivity contribution in [2.45, 2.75) is 51.0 Å². The largest absolute Gasteiger partial charge is 0.448 e. The third-order valence-electron chi connectivity index (χ3n) is 5.30. The summed E-state index contributed by atoms with van der Waals surface area (Å²) in [5.74, 6) is 0.567. The Morgan fingerprint density at radius 3 is 2.65 bits per heavy atom. The van der Waals surface area contributed by atoms with Crippen molar-refractivity contribution in [3.05, 3.63) is 41.0 Å². The Kier molecular flexibility index (Phi) is 7.92. The number of hydrogen-bond acceptors (Lipinski definition) is 8. The first-order chi connectivity index (χ1) is 14.8. The maximum Gasteiger partial charge on any atom is 0.416 e. The SMILES string of the molecule is C=C1C[C@H]2C(O)N(C(=O)OC[C@@H](C)SSCC)c3cc(CO)c(CO)cc3C(=O)N2C1. The summed E-state index contributed by atoms with van der Waals surface area (Å²) in [5.41, 5.74) is 1.86. The highest BCUT2D eigenvalue weighted by atomic mass is 33.1. The van der Waals surface area contributed by atoms with E-state index < -0.39 is 18.4 Å². The lowest BCUT2D eigenvalue weighted by Crippen LogP contribution is -2.51. The zero-order valence-electron chi connectivity index (χ0n) is 17.6. The highest BCUT2D eigenvalue weighted by Gasteiger charge is 2.46. The Morgan fingerprint density at radius 1 is 1.32 bits per heavy atom. The van der Waals surface area contributed by atoms with E-state index in [9.17, 15) is 24.9 Å². The van der Waals surface area contributed by atoms with E-state index in [2.05, 4.69) is 6.58 Å². The third kappa shape index (κ3) is 4.88. The van der Waals surface area contributed by atoms with Crippen LogP contribution in [0.5, 0.6) is 0 Å². The van der Waals surface area contributed by atoms with E-state index in [1.54, 1.807) is 21.6 Å². The van der Waals surface area contributed by atoms with Gasteiger partial charge in [0.1, 0.15) is 6.61 Å². The fraction of sp³-hybridized carbons (Fsp3) is 0.524. The number of nitrogens with zero attached hydrogens (tertiary/aromatic N) is 2. The quantitative estimate of drug-likeness (QED) is 0.414. The molecule has 0 bridgehead atoms. The third-order valence-corrected chi connectivity index (χ3v) is 8.24. The van der Waals surface area contributed by atoms with Crippen LogP contribution in [0, 0.1) is 0 Å². The maximum atomic E-state index is 13.3. The highest BCUT2D eigenvalue weighted by Crippen LogP contribution is 2.38. The molecule has 0 spiro atoms. The Labute approximate surface area is 189 Å². The molecule has 1 saturated heterocycles. The first-order valence-corrected chi connectivity index (χ1v) is 12.5. The van der Waals surface area contributed by atoms with Gasteiger partial charge in [-0.1, -0.05) is 40.7 Å². The summed E-state index contributed by atoms with van der Waals surface area (Å²) in [7, 11) is 3.27. The molecule has 0 aromatic heterocycles. The normalized spacial score (nSPS) is 21.6. The number of aliphatic hydroxyl groups is 3. The molecule has 8 nitrogen and oxygen atoms in total. The van der Waals surface area contributed by atoms with E-state index in [-0.39, 0.29) is 48.8 Å². The van der Waals surface area contributed by atoms with Gasteiger partial charge in [0, 0.05) is 17.5 Å². The van der Waals surface area contributed by atoms with E-state index in [4.69, 9.17) is 4.74 Å². The predicted octanol–water partition coefficient (Wildman–Crippen LogP) is 2.51. The number of carbonyl (C=O) groups excluding carboxylic acids is 2. The van der Waals surface area contributed by atoms with Gasteiger partial charge in [-0.25, -0.2) is 9.69 Å². The van der Waals surface area contributed by atoms with Crippen molar-refractivity contribution in [1.82, 2.24) is 4.90 Å². The molecule has 1 unspecified atom stereocenters. The number of fused-ring (bicyclic) bond motifs is 2. The average molecular weight is 469 g/mol. The van der Waals surface area contributed by atoms with Gasteiger partial charge in [0.2, 0.25) is 0 Å².